The Morgan fingerprint density at radius 3 is 2.84 bits per heavy atom. The molecule has 98 valence electrons. The van der Waals surface area contributed by atoms with E-state index < -0.39 is 0 Å². The number of aromatic nitrogens is 1. The fourth-order valence-corrected chi connectivity index (χ4v) is 1.92. The van der Waals surface area contributed by atoms with Crippen LogP contribution in [0.4, 0.5) is 11.4 Å². The van der Waals surface area contributed by atoms with Gasteiger partial charge in [0.25, 0.3) is 5.91 Å². The van der Waals surface area contributed by atoms with E-state index in [0.29, 0.717) is 16.9 Å². The Labute approximate surface area is 120 Å². The molecule has 0 atom stereocenters. The maximum absolute atomic E-state index is 12.1. The summed E-state index contributed by atoms with van der Waals surface area (Å²) in [6.45, 7) is 1.85. The van der Waals surface area contributed by atoms with Crippen molar-refractivity contribution in [2.75, 3.05) is 11.1 Å². The van der Waals surface area contributed by atoms with Crippen molar-refractivity contribution in [1.29, 1.82) is 0 Å². The monoisotopic (exact) mass is 295 g/mol. The second-order valence-electron chi connectivity index (χ2n) is 4.01. The Morgan fingerprint density at radius 2 is 2.11 bits per heavy atom. The SMILES string of the molecule is Cc1cnc(Cl)c(NC(=O)c2cccc(N)c2Cl)c1. The van der Waals surface area contributed by atoms with Crippen molar-refractivity contribution < 1.29 is 4.79 Å². The molecule has 6 heteroatoms. The smallest absolute Gasteiger partial charge is 0.257 e. The van der Waals surface area contributed by atoms with Crippen LogP contribution in [0.5, 0.6) is 0 Å². The van der Waals surface area contributed by atoms with Gasteiger partial charge in [0.15, 0.2) is 5.15 Å². The number of anilines is 2. The van der Waals surface area contributed by atoms with Crippen LogP contribution in [0.15, 0.2) is 30.5 Å². The fourth-order valence-electron chi connectivity index (χ4n) is 1.56. The van der Waals surface area contributed by atoms with Crippen LogP contribution in [0.3, 0.4) is 0 Å². The molecule has 0 spiro atoms. The van der Waals surface area contributed by atoms with Crippen molar-refractivity contribution in [1.82, 2.24) is 4.98 Å². The van der Waals surface area contributed by atoms with Crippen LogP contribution in [0, 0.1) is 6.92 Å². The molecule has 1 aromatic heterocycles. The van der Waals surface area contributed by atoms with Crippen LogP contribution in [-0.2, 0) is 0 Å². The van der Waals surface area contributed by atoms with Crippen molar-refractivity contribution in [2.45, 2.75) is 6.92 Å². The average molecular weight is 296 g/mol. The van der Waals surface area contributed by atoms with E-state index in [1.165, 1.54) is 0 Å². The van der Waals surface area contributed by atoms with Gasteiger partial charge in [-0.15, -0.1) is 0 Å². The number of aryl methyl sites for hydroxylation is 1. The number of carbonyl (C=O) groups excluding carboxylic acids is 1. The van der Waals surface area contributed by atoms with E-state index in [-0.39, 0.29) is 16.1 Å². The summed E-state index contributed by atoms with van der Waals surface area (Å²) >= 11 is 11.9. The van der Waals surface area contributed by atoms with Gasteiger partial charge in [0.2, 0.25) is 0 Å². The second-order valence-corrected chi connectivity index (χ2v) is 4.75. The van der Waals surface area contributed by atoms with Gasteiger partial charge in [-0.05, 0) is 30.7 Å². The second kappa shape index (κ2) is 5.47. The molecule has 0 aliphatic carbocycles. The highest BCUT2D eigenvalue weighted by Crippen LogP contribution is 2.25. The minimum atomic E-state index is -0.383. The number of amides is 1. The summed E-state index contributed by atoms with van der Waals surface area (Å²) in [4.78, 5) is 16.1. The molecule has 2 aromatic rings. The van der Waals surface area contributed by atoms with Gasteiger partial charge in [-0.25, -0.2) is 4.98 Å². The summed E-state index contributed by atoms with van der Waals surface area (Å²) in [6, 6.07) is 6.60. The molecule has 2 rings (SSSR count). The summed E-state index contributed by atoms with van der Waals surface area (Å²) < 4.78 is 0. The standard InChI is InChI=1S/C13H11Cl2N3O/c1-7-5-10(12(15)17-6-7)18-13(19)8-3-2-4-9(16)11(8)14/h2-6H,16H2,1H3,(H,18,19). The molecular formula is C13H11Cl2N3O. The van der Waals surface area contributed by atoms with Gasteiger partial charge in [0, 0.05) is 6.20 Å². The van der Waals surface area contributed by atoms with Crippen molar-refractivity contribution in [3.05, 3.63) is 51.8 Å². The Balaban J connectivity index is 2.31. The molecular weight excluding hydrogens is 285 g/mol. The Morgan fingerprint density at radius 1 is 1.37 bits per heavy atom. The molecule has 4 nitrogen and oxygen atoms in total. The number of hydrogen-bond donors (Lipinski definition) is 2. The Kier molecular flexibility index (Phi) is 3.93. The summed E-state index contributed by atoms with van der Waals surface area (Å²) in [7, 11) is 0. The minimum Gasteiger partial charge on any atom is -0.398 e. The van der Waals surface area contributed by atoms with Crippen LogP contribution in [0.2, 0.25) is 10.2 Å². The van der Waals surface area contributed by atoms with Gasteiger partial charge in [0.05, 0.1) is 22.0 Å². The van der Waals surface area contributed by atoms with Crippen LogP contribution < -0.4 is 11.1 Å². The normalized spacial score (nSPS) is 10.3. The average Bonchev–Trinajstić information content (AvgIpc) is 2.37. The quantitative estimate of drug-likeness (QED) is 0.658. The van der Waals surface area contributed by atoms with Crippen LogP contribution in [-0.4, -0.2) is 10.9 Å². The molecule has 1 amide bonds. The number of nitrogen functional groups attached to an aromatic ring is 1. The zero-order valence-corrected chi connectivity index (χ0v) is 11.6. The van der Waals surface area contributed by atoms with Crippen molar-refractivity contribution >= 4 is 40.5 Å². The number of carbonyl (C=O) groups is 1. The van der Waals surface area contributed by atoms with Gasteiger partial charge in [0.1, 0.15) is 0 Å². The van der Waals surface area contributed by atoms with Crippen LogP contribution in [0.25, 0.3) is 0 Å². The number of nitrogens with one attached hydrogen (secondary N) is 1. The Bertz CT molecular complexity index is 644. The molecule has 19 heavy (non-hydrogen) atoms. The summed E-state index contributed by atoms with van der Waals surface area (Å²) in [5, 5.41) is 3.10. The lowest BCUT2D eigenvalue weighted by Gasteiger charge is -2.09. The molecule has 0 saturated carbocycles. The van der Waals surface area contributed by atoms with Crippen molar-refractivity contribution in [2.24, 2.45) is 0 Å². The third-order valence-electron chi connectivity index (χ3n) is 2.50. The Hall–Kier alpha value is -1.78. The van der Waals surface area contributed by atoms with E-state index in [2.05, 4.69) is 10.3 Å². The predicted octanol–water partition coefficient (Wildman–Crippen LogP) is 3.53. The van der Waals surface area contributed by atoms with Crippen LogP contribution in [0.1, 0.15) is 15.9 Å². The topological polar surface area (TPSA) is 68.0 Å². The van der Waals surface area contributed by atoms with E-state index in [9.17, 15) is 4.79 Å². The number of pyridine rings is 1. The first-order chi connectivity index (χ1) is 8.99. The minimum absolute atomic E-state index is 0.219. The number of nitrogens with two attached hydrogens (primary N) is 1. The predicted molar refractivity (Wildman–Crippen MR) is 77.8 cm³/mol. The van der Waals surface area contributed by atoms with Gasteiger partial charge in [-0.3, -0.25) is 4.79 Å². The molecule has 0 fully saturated rings. The fraction of sp³-hybridized carbons (Fsp3) is 0.0769. The van der Waals surface area contributed by atoms with E-state index in [4.69, 9.17) is 28.9 Å². The largest absolute Gasteiger partial charge is 0.398 e. The first-order valence-electron chi connectivity index (χ1n) is 5.46. The van der Waals surface area contributed by atoms with E-state index in [1.54, 1.807) is 30.5 Å². The molecule has 1 heterocycles. The summed E-state index contributed by atoms with van der Waals surface area (Å²) in [6.07, 6.45) is 1.62. The van der Waals surface area contributed by atoms with Crippen molar-refractivity contribution in [3.8, 4) is 0 Å². The number of hydrogen-bond acceptors (Lipinski definition) is 3. The highest BCUT2D eigenvalue weighted by Gasteiger charge is 2.14. The molecule has 0 aliphatic rings. The zero-order chi connectivity index (χ0) is 14.0. The lowest BCUT2D eigenvalue weighted by Crippen LogP contribution is -2.13. The zero-order valence-electron chi connectivity index (χ0n) is 10.1. The number of halogens is 2. The number of benzene rings is 1. The van der Waals surface area contributed by atoms with Crippen molar-refractivity contribution in [3.63, 3.8) is 0 Å². The van der Waals surface area contributed by atoms with Gasteiger partial charge in [-0.1, -0.05) is 29.3 Å². The highest BCUT2D eigenvalue weighted by molar-refractivity contribution is 6.37. The third-order valence-corrected chi connectivity index (χ3v) is 3.22. The molecule has 0 radical (unpaired) electrons. The number of rotatable bonds is 2. The molecule has 0 unspecified atom stereocenters. The van der Waals surface area contributed by atoms with E-state index in [1.807, 2.05) is 6.92 Å². The first-order valence-corrected chi connectivity index (χ1v) is 6.22. The first kappa shape index (κ1) is 13.6. The number of nitrogens with zero attached hydrogens (tertiary/aromatic N) is 1. The van der Waals surface area contributed by atoms with E-state index in [0.717, 1.165) is 5.56 Å². The maximum Gasteiger partial charge on any atom is 0.257 e. The lowest BCUT2D eigenvalue weighted by molar-refractivity contribution is 0.102. The summed E-state index contributed by atoms with van der Waals surface area (Å²) in [5.41, 5.74) is 7.62. The van der Waals surface area contributed by atoms with Gasteiger partial charge >= 0.3 is 0 Å². The maximum atomic E-state index is 12.1. The molecule has 3 N–H and O–H groups in total. The third kappa shape index (κ3) is 2.97. The lowest BCUT2D eigenvalue weighted by atomic mass is 10.2. The summed E-state index contributed by atoms with van der Waals surface area (Å²) in [5.74, 6) is -0.383. The molecule has 0 saturated heterocycles. The molecule has 0 bridgehead atoms. The van der Waals surface area contributed by atoms with Crippen LogP contribution >= 0.6 is 23.2 Å². The van der Waals surface area contributed by atoms with Gasteiger partial charge in [-0.2, -0.15) is 0 Å². The van der Waals surface area contributed by atoms with Gasteiger partial charge < -0.3 is 11.1 Å². The van der Waals surface area contributed by atoms with E-state index >= 15 is 0 Å². The highest BCUT2D eigenvalue weighted by atomic mass is 35.5. The molecule has 1 aromatic carbocycles. The molecule has 0 aliphatic heterocycles.